The third-order valence-electron chi connectivity index (χ3n) is 4.81. The van der Waals surface area contributed by atoms with Crippen molar-refractivity contribution in [3.8, 4) is 0 Å². The molecule has 2 aliphatic rings. The standard InChI is InChI=1S/C19H28FN3/c20-18-7-6-17(14-19(18)23-12-10-21-11-13-23)15-22-9-8-16-4-2-1-3-5-16/h4,6-7,14,21-22H,1-3,5,8-13,15H2. The molecule has 3 nitrogen and oxygen atoms in total. The minimum atomic E-state index is -0.108. The lowest BCUT2D eigenvalue weighted by atomic mass is 9.97. The number of anilines is 1. The molecule has 2 N–H and O–H groups in total. The zero-order valence-corrected chi connectivity index (χ0v) is 13.9. The highest BCUT2D eigenvalue weighted by atomic mass is 19.1. The first-order valence-corrected chi connectivity index (χ1v) is 8.95. The molecule has 0 bridgehead atoms. The first kappa shape index (κ1) is 16.5. The molecule has 0 amide bonds. The van der Waals surface area contributed by atoms with E-state index in [-0.39, 0.29) is 5.82 Å². The molecular weight excluding hydrogens is 289 g/mol. The number of hydrogen-bond donors (Lipinski definition) is 2. The highest BCUT2D eigenvalue weighted by molar-refractivity contribution is 5.50. The fourth-order valence-corrected chi connectivity index (χ4v) is 3.43. The van der Waals surface area contributed by atoms with Crippen molar-refractivity contribution < 1.29 is 4.39 Å². The van der Waals surface area contributed by atoms with Gasteiger partial charge in [-0.2, -0.15) is 0 Å². The Balaban J connectivity index is 1.50. The zero-order chi connectivity index (χ0) is 15.9. The van der Waals surface area contributed by atoms with Gasteiger partial charge in [0.2, 0.25) is 0 Å². The van der Waals surface area contributed by atoms with Crippen molar-refractivity contribution in [2.24, 2.45) is 0 Å². The van der Waals surface area contributed by atoms with Gasteiger partial charge in [-0.05, 0) is 56.3 Å². The summed E-state index contributed by atoms with van der Waals surface area (Å²) in [7, 11) is 0. The van der Waals surface area contributed by atoms with Crippen LogP contribution in [0.25, 0.3) is 0 Å². The zero-order valence-electron chi connectivity index (χ0n) is 13.9. The Kier molecular flexibility index (Phi) is 6.06. The molecule has 0 aromatic heterocycles. The second-order valence-corrected chi connectivity index (χ2v) is 6.56. The van der Waals surface area contributed by atoms with E-state index in [4.69, 9.17) is 0 Å². The van der Waals surface area contributed by atoms with E-state index in [1.54, 1.807) is 11.6 Å². The predicted molar refractivity (Wildman–Crippen MR) is 94.4 cm³/mol. The van der Waals surface area contributed by atoms with E-state index in [1.807, 2.05) is 12.1 Å². The Labute approximate surface area is 138 Å². The van der Waals surface area contributed by atoms with Gasteiger partial charge in [0.05, 0.1) is 5.69 Å². The Morgan fingerprint density at radius 1 is 1.17 bits per heavy atom. The number of piperazine rings is 1. The van der Waals surface area contributed by atoms with Gasteiger partial charge in [-0.15, -0.1) is 0 Å². The maximum atomic E-state index is 14.1. The third-order valence-corrected chi connectivity index (χ3v) is 4.81. The highest BCUT2D eigenvalue weighted by Crippen LogP contribution is 2.22. The van der Waals surface area contributed by atoms with Gasteiger partial charge in [-0.3, -0.25) is 0 Å². The second-order valence-electron chi connectivity index (χ2n) is 6.56. The molecule has 1 aromatic carbocycles. The predicted octanol–water partition coefficient (Wildman–Crippen LogP) is 3.22. The normalized spacial score (nSPS) is 18.8. The summed E-state index contributed by atoms with van der Waals surface area (Å²) in [5.41, 5.74) is 3.52. The van der Waals surface area contributed by atoms with Crippen LogP contribution < -0.4 is 15.5 Å². The lowest BCUT2D eigenvalue weighted by molar-refractivity contribution is 0.565. The van der Waals surface area contributed by atoms with Crippen LogP contribution in [0.3, 0.4) is 0 Å². The Bertz CT molecular complexity index is 535. The lowest BCUT2D eigenvalue weighted by Crippen LogP contribution is -2.43. The summed E-state index contributed by atoms with van der Waals surface area (Å²) in [5.74, 6) is -0.108. The highest BCUT2D eigenvalue weighted by Gasteiger charge is 2.14. The van der Waals surface area contributed by atoms with Gasteiger partial charge in [0, 0.05) is 32.7 Å². The van der Waals surface area contributed by atoms with Crippen molar-refractivity contribution in [1.29, 1.82) is 0 Å². The molecule has 1 fully saturated rings. The minimum Gasteiger partial charge on any atom is -0.367 e. The summed E-state index contributed by atoms with van der Waals surface area (Å²) in [5, 5.41) is 6.81. The molecule has 0 saturated carbocycles. The molecule has 0 radical (unpaired) electrons. The molecule has 23 heavy (non-hydrogen) atoms. The topological polar surface area (TPSA) is 27.3 Å². The van der Waals surface area contributed by atoms with Gasteiger partial charge in [0.15, 0.2) is 0 Å². The Morgan fingerprint density at radius 3 is 2.83 bits per heavy atom. The van der Waals surface area contributed by atoms with Crippen LogP contribution in [0, 0.1) is 5.82 Å². The number of allylic oxidation sites excluding steroid dienone is 1. The first-order chi connectivity index (χ1) is 11.3. The third kappa shape index (κ3) is 4.79. The Morgan fingerprint density at radius 2 is 2.04 bits per heavy atom. The first-order valence-electron chi connectivity index (χ1n) is 8.95. The van der Waals surface area contributed by atoms with E-state index >= 15 is 0 Å². The quantitative estimate of drug-likeness (QED) is 0.623. The fraction of sp³-hybridized carbons (Fsp3) is 0.579. The molecule has 0 unspecified atom stereocenters. The van der Waals surface area contributed by atoms with Crippen molar-refractivity contribution in [3.63, 3.8) is 0 Å². The molecule has 126 valence electrons. The Hall–Kier alpha value is -1.39. The molecule has 1 aromatic rings. The van der Waals surface area contributed by atoms with E-state index in [0.29, 0.717) is 0 Å². The van der Waals surface area contributed by atoms with Gasteiger partial charge in [0.25, 0.3) is 0 Å². The van der Waals surface area contributed by atoms with Crippen LogP contribution in [-0.2, 0) is 6.54 Å². The average Bonchev–Trinajstić information content (AvgIpc) is 2.62. The lowest BCUT2D eigenvalue weighted by Gasteiger charge is -2.30. The molecule has 0 atom stereocenters. The van der Waals surface area contributed by atoms with Crippen molar-refractivity contribution in [1.82, 2.24) is 10.6 Å². The van der Waals surface area contributed by atoms with Crippen LogP contribution in [0.15, 0.2) is 29.8 Å². The van der Waals surface area contributed by atoms with E-state index < -0.39 is 0 Å². The van der Waals surface area contributed by atoms with Gasteiger partial charge >= 0.3 is 0 Å². The summed E-state index contributed by atoms with van der Waals surface area (Å²) < 4.78 is 14.1. The van der Waals surface area contributed by atoms with Crippen LogP contribution in [0.2, 0.25) is 0 Å². The van der Waals surface area contributed by atoms with Crippen LogP contribution in [0.4, 0.5) is 10.1 Å². The molecule has 3 rings (SSSR count). The number of nitrogens with one attached hydrogen (secondary N) is 2. The summed E-state index contributed by atoms with van der Waals surface area (Å²) in [6.07, 6.45) is 8.77. The van der Waals surface area contributed by atoms with Crippen LogP contribution in [-0.4, -0.2) is 32.7 Å². The van der Waals surface area contributed by atoms with Crippen molar-refractivity contribution in [2.45, 2.75) is 38.6 Å². The summed E-state index contributed by atoms with van der Waals surface area (Å²) in [6.45, 7) is 5.43. The molecule has 0 spiro atoms. The SMILES string of the molecule is Fc1ccc(CNCCC2=CCCCC2)cc1N1CCNCC1. The molecular formula is C19H28FN3. The second kappa shape index (κ2) is 8.46. The van der Waals surface area contributed by atoms with Gasteiger partial charge in [0.1, 0.15) is 5.82 Å². The molecule has 1 aliphatic heterocycles. The van der Waals surface area contributed by atoms with E-state index in [2.05, 4.69) is 21.6 Å². The van der Waals surface area contributed by atoms with E-state index in [0.717, 1.165) is 56.9 Å². The maximum absolute atomic E-state index is 14.1. The summed E-state index contributed by atoms with van der Waals surface area (Å²) in [6, 6.07) is 5.51. The van der Waals surface area contributed by atoms with Gasteiger partial charge in [-0.1, -0.05) is 17.7 Å². The number of rotatable bonds is 6. The fourth-order valence-electron chi connectivity index (χ4n) is 3.43. The molecule has 1 heterocycles. The van der Waals surface area contributed by atoms with Crippen molar-refractivity contribution >= 4 is 5.69 Å². The van der Waals surface area contributed by atoms with Crippen LogP contribution in [0.1, 0.15) is 37.7 Å². The van der Waals surface area contributed by atoms with Gasteiger partial charge < -0.3 is 15.5 Å². The largest absolute Gasteiger partial charge is 0.367 e. The minimum absolute atomic E-state index is 0.108. The number of nitrogens with zero attached hydrogens (tertiary/aromatic N) is 1. The summed E-state index contributed by atoms with van der Waals surface area (Å²) >= 11 is 0. The summed E-state index contributed by atoms with van der Waals surface area (Å²) in [4.78, 5) is 2.14. The maximum Gasteiger partial charge on any atom is 0.146 e. The smallest absolute Gasteiger partial charge is 0.146 e. The number of halogens is 1. The number of benzene rings is 1. The van der Waals surface area contributed by atoms with Crippen LogP contribution in [0.5, 0.6) is 0 Å². The van der Waals surface area contributed by atoms with Crippen molar-refractivity contribution in [2.75, 3.05) is 37.6 Å². The van der Waals surface area contributed by atoms with E-state index in [9.17, 15) is 4.39 Å². The van der Waals surface area contributed by atoms with Crippen molar-refractivity contribution in [3.05, 3.63) is 41.2 Å². The monoisotopic (exact) mass is 317 g/mol. The molecule has 1 aliphatic carbocycles. The molecule has 1 saturated heterocycles. The average molecular weight is 317 g/mol. The van der Waals surface area contributed by atoms with Crippen LogP contribution >= 0.6 is 0 Å². The number of hydrogen-bond acceptors (Lipinski definition) is 3. The van der Waals surface area contributed by atoms with E-state index in [1.165, 1.54) is 25.7 Å². The molecule has 4 heteroatoms. The van der Waals surface area contributed by atoms with Gasteiger partial charge in [-0.25, -0.2) is 4.39 Å².